The van der Waals surface area contributed by atoms with Crippen molar-refractivity contribution in [3.8, 4) is 0 Å². The third-order valence-corrected chi connectivity index (χ3v) is 5.87. The molecular weight excluding hydrogens is 270 g/mol. The van der Waals surface area contributed by atoms with E-state index in [1.54, 1.807) is 10.4 Å². The Balaban J connectivity index is 1.55. The largest absolute Gasteiger partial charge is 0.481 e. The van der Waals surface area contributed by atoms with E-state index in [0.717, 1.165) is 19.5 Å². The number of aryl methyl sites for hydroxylation is 1. The monoisotopic (exact) mass is 293 g/mol. The van der Waals surface area contributed by atoms with Crippen LogP contribution in [0.25, 0.3) is 0 Å². The second-order valence-corrected chi connectivity index (χ2v) is 7.12. The molecular formula is C16H23NO2S. The zero-order valence-electron chi connectivity index (χ0n) is 11.9. The van der Waals surface area contributed by atoms with Gasteiger partial charge in [-0.3, -0.25) is 9.69 Å². The van der Waals surface area contributed by atoms with Gasteiger partial charge in [0, 0.05) is 17.3 Å². The maximum Gasteiger partial charge on any atom is 0.303 e. The number of hydrogen-bond donors (Lipinski definition) is 1. The van der Waals surface area contributed by atoms with Gasteiger partial charge >= 0.3 is 5.97 Å². The van der Waals surface area contributed by atoms with Gasteiger partial charge in [-0.15, -0.1) is 11.3 Å². The van der Waals surface area contributed by atoms with Crippen molar-refractivity contribution in [3.63, 3.8) is 0 Å². The van der Waals surface area contributed by atoms with Gasteiger partial charge in [-0.05, 0) is 74.5 Å². The molecule has 1 saturated heterocycles. The minimum Gasteiger partial charge on any atom is -0.481 e. The molecule has 0 amide bonds. The fourth-order valence-corrected chi connectivity index (χ4v) is 4.70. The molecule has 0 spiro atoms. The number of nitrogens with zero attached hydrogens (tertiary/aromatic N) is 1. The molecule has 1 fully saturated rings. The first kappa shape index (κ1) is 14.1. The highest BCUT2D eigenvalue weighted by Gasteiger charge is 2.29. The molecule has 4 heteroatoms. The van der Waals surface area contributed by atoms with Crippen molar-refractivity contribution in [2.45, 2.75) is 51.0 Å². The van der Waals surface area contributed by atoms with Gasteiger partial charge in [0.1, 0.15) is 0 Å². The predicted octanol–water partition coefficient (Wildman–Crippen LogP) is 3.70. The van der Waals surface area contributed by atoms with Gasteiger partial charge in [0.2, 0.25) is 0 Å². The van der Waals surface area contributed by atoms with E-state index in [9.17, 15) is 4.79 Å². The van der Waals surface area contributed by atoms with Gasteiger partial charge in [0.15, 0.2) is 0 Å². The van der Waals surface area contributed by atoms with E-state index in [1.165, 1.54) is 32.1 Å². The lowest BCUT2D eigenvalue weighted by Crippen LogP contribution is -2.38. The SMILES string of the molecule is O=C(O)CCC1CCN(C2CCCc3sccc32)CC1. The van der Waals surface area contributed by atoms with E-state index in [2.05, 4.69) is 16.3 Å². The highest BCUT2D eigenvalue weighted by Crippen LogP contribution is 2.39. The fourth-order valence-electron chi connectivity index (χ4n) is 3.72. The molecule has 0 saturated carbocycles. The predicted molar refractivity (Wildman–Crippen MR) is 81.2 cm³/mol. The van der Waals surface area contributed by atoms with E-state index >= 15 is 0 Å². The highest BCUT2D eigenvalue weighted by molar-refractivity contribution is 7.10. The molecule has 1 aromatic heterocycles. The maximum absolute atomic E-state index is 10.7. The minimum atomic E-state index is -0.650. The standard InChI is InChI=1S/C16H23NO2S/c18-16(19)5-4-12-6-9-17(10-7-12)14-2-1-3-15-13(14)8-11-20-15/h8,11-12,14H,1-7,9-10H2,(H,18,19). The average Bonchev–Trinajstić information content (AvgIpc) is 2.94. The second kappa shape index (κ2) is 6.27. The first-order valence-corrected chi connectivity index (χ1v) is 8.64. The Morgan fingerprint density at radius 3 is 2.90 bits per heavy atom. The van der Waals surface area contributed by atoms with Crippen LogP contribution in [0.5, 0.6) is 0 Å². The molecule has 2 heterocycles. The van der Waals surface area contributed by atoms with Crippen molar-refractivity contribution in [2.24, 2.45) is 5.92 Å². The summed E-state index contributed by atoms with van der Waals surface area (Å²) in [6.45, 7) is 2.29. The number of carbonyl (C=O) groups is 1. The van der Waals surface area contributed by atoms with Gasteiger partial charge in [-0.25, -0.2) is 0 Å². The van der Waals surface area contributed by atoms with E-state index in [4.69, 9.17) is 5.11 Å². The van der Waals surface area contributed by atoms with Crippen molar-refractivity contribution >= 4 is 17.3 Å². The number of carboxylic acids is 1. The topological polar surface area (TPSA) is 40.5 Å². The lowest BCUT2D eigenvalue weighted by atomic mass is 9.87. The Bertz CT molecular complexity index is 463. The third-order valence-electron chi connectivity index (χ3n) is 4.88. The van der Waals surface area contributed by atoms with E-state index in [1.807, 2.05) is 11.3 Å². The molecule has 0 aromatic carbocycles. The molecule has 1 aromatic rings. The number of fused-ring (bicyclic) bond motifs is 1. The van der Waals surface area contributed by atoms with E-state index in [-0.39, 0.29) is 0 Å². The van der Waals surface area contributed by atoms with Crippen molar-refractivity contribution < 1.29 is 9.90 Å². The smallest absolute Gasteiger partial charge is 0.303 e. The van der Waals surface area contributed by atoms with Crippen LogP contribution in [0.2, 0.25) is 0 Å². The van der Waals surface area contributed by atoms with Crippen molar-refractivity contribution in [1.82, 2.24) is 4.90 Å². The molecule has 20 heavy (non-hydrogen) atoms. The molecule has 0 radical (unpaired) electrons. The normalized spacial score (nSPS) is 24.5. The van der Waals surface area contributed by atoms with E-state index in [0.29, 0.717) is 18.4 Å². The number of aliphatic carboxylic acids is 1. The van der Waals surface area contributed by atoms with Gasteiger partial charge < -0.3 is 5.11 Å². The number of likely N-dealkylation sites (tertiary alicyclic amines) is 1. The summed E-state index contributed by atoms with van der Waals surface area (Å²) in [7, 11) is 0. The molecule has 110 valence electrons. The Morgan fingerprint density at radius 1 is 1.35 bits per heavy atom. The zero-order valence-corrected chi connectivity index (χ0v) is 12.7. The summed E-state index contributed by atoms with van der Waals surface area (Å²) in [5.41, 5.74) is 1.57. The summed E-state index contributed by atoms with van der Waals surface area (Å²) in [6.07, 6.45) is 7.41. The van der Waals surface area contributed by atoms with Crippen LogP contribution in [-0.2, 0) is 11.2 Å². The quantitative estimate of drug-likeness (QED) is 0.920. The number of thiophene rings is 1. The van der Waals surface area contributed by atoms with Gasteiger partial charge in [0.05, 0.1) is 0 Å². The van der Waals surface area contributed by atoms with Crippen molar-refractivity contribution in [1.29, 1.82) is 0 Å². The molecule has 1 aliphatic carbocycles. The summed E-state index contributed by atoms with van der Waals surface area (Å²) in [5, 5.41) is 11.0. The molecule has 1 aliphatic heterocycles. The maximum atomic E-state index is 10.7. The number of piperidine rings is 1. The van der Waals surface area contributed by atoms with Crippen molar-refractivity contribution in [3.05, 3.63) is 21.9 Å². The highest BCUT2D eigenvalue weighted by atomic mass is 32.1. The Morgan fingerprint density at radius 2 is 2.15 bits per heavy atom. The lowest BCUT2D eigenvalue weighted by molar-refractivity contribution is -0.137. The summed E-state index contributed by atoms with van der Waals surface area (Å²) < 4.78 is 0. The zero-order chi connectivity index (χ0) is 13.9. The minimum absolute atomic E-state index is 0.336. The first-order chi connectivity index (χ1) is 9.74. The third kappa shape index (κ3) is 3.07. The summed E-state index contributed by atoms with van der Waals surface area (Å²) in [6, 6.07) is 2.95. The molecule has 3 nitrogen and oxygen atoms in total. The lowest BCUT2D eigenvalue weighted by Gasteiger charge is -2.39. The molecule has 1 N–H and O–H groups in total. The van der Waals surface area contributed by atoms with Gasteiger partial charge in [-0.1, -0.05) is 0 Å². The molecule has 0 bridgehead atoms. The number of carboxylic acid groups (broad SMARTS) is 1. The van der Waals surface area contributed by atoms with Crippen LogP contribution in [0.1, 0.15) is 55.0 Å². The van der Waals surface area contributed by atoms with Crippen LogP contribution in [0.3, 0.4) is 0 Å². The summed E-state index contributed by atoms with van der Waals surface area (Å²) >= 11 is 1.91. The van der Waals surface area contributed by atoms with Crippen LogP contribution in [0.15, 0.2) is 11.4 Å². The average molecular weight is 293 g/mol. The van der Waals surface area contributed by atoms with Crippen LogP contribution in [0, 0.1) is 5.92 Å². The van der Waals surface area contributed by atoms with Crippen LogP contribution < -0.4 is 0 Å². The van der Waals surface area contributed by atoms with E-state index < -0.39 is 5.97 Å². The van der Waals surface area contributed by atoms with Crippen LogP contribution >= 0.6 is 11.3 Å². The van der Waals surface area contributed by atoms with Crippen molar-refractivity contribution in [2.75, 3.05) is 13.1 Å². The molecule has 1 unspecified atom stereocenters. The van der Waals surface area contributed by atoms with Gasteiger partial charge in [-0.2, -0.15) is 0 Å². The van der Waals surface area contributed by atoms with Gasteiger partial charge in [0.25, 0.3) is 0 Å². The summed E-state index contributed by atoms with van der Waals surface area (Å²) in [5.74, 6) is -0.0319. The molecule has 3 rings (SSSR count). The first-order valence-electron chi connectivity index (χ1n) is 7.76. The Labute approximate surface area is 124 Å². The fraction of sp³-hybridized carbons (Fsp3) is 0.688. The van der Waals surface area contributed by atoms with Crippen LogP contribution in [-0.4, -0.2) is 29.1 Å². The Hall–Kier alpha value is -0.870. The Kier molecular flexibility index (Phi) is 4.41. The summed E-state index contributed by atoms with van der Waals surface area (Å²) in [4.78, 5) is 14.9. The number of rotatable bonds is 4. The molecule has 2 aliphatic rings. The van der Waals surface area contributed by atoms with Crippen LogP contribution in [0.4, 0.5) is 0 Å². The second-order valence-electron chi connectivity index (χ2n) is 6.12. The molecule has 1 atom stereocenters. The number of hydrogen-bond acceptors (Lipinski definition) is 3.